The predicted molar refractivity (Wildman–Crippen MR) is 64.9 cm³/mol. The van der Waals surface area contributed by atoms with Gasteiger partial charge in [-0.1, -0.05) is 6.07 Å². The predicted octanol–water partition coefficient (Wildman–Crippen LogP) is 1.55. The molecule has 0 aliphatic heterocycles. The number of carbonyl (C=O) groups is 1. The molecule has 1 rings (SSSR count). The molecule has 0 aliphatic carbocycles. The first-order chi connectivity index (χ1) is 7.63. The van der Waals surface area contributed by atoms with Crippen molar-refractivity contribution in [2.24, 2.45) is 0 Å². The molecule has 0 spiro atoms. The molecule has 0 saturated carbocycles. The van der Waals surface area contributed by atoms with Crippen LogP contribution in [0.4, 0.5) is 5.69 Å². The summed E-state index contributed by atoms with van der Waals surface area (Å²) in [4.78, 5) is 10.7. The highest BCUT2D eigenvalue weighted by Gasteiger charge is 2.01. The van der Waals surface area contributed by atoms with Gasteiger partial charge in [-0.15, -0.1) is 0 Å². The fourth-order valence-corrected chi connectivity index (χ4v) is 1.40. The van der Waals surface area contributed by atoms with E-state index >= 15 is 0 Å². The van der Waals surface area contributed by atoms with E-state index in [0.717, 1.165) is 11.4 Å². The van der Waals surface area contributed by atoms with Crippen LogP contribution in [0.25, 0.3) is 0 Å². The molecule has 1 amide bonds. The maximum absolute atomic E-state index is 10.7. The standard InChI is InChI=1S/C12H18N2O2/c1-9-4-5-12(16-3)11(8-9)14-7-6-13-10(2)15/h4-5,8,14H,6-7H2,1-3H3,(H,13,15). The van der Waals surface area contributed by atoms with Crippen LogP contribution in [-0.4, -0.2) is 26.1 Å². The summed E-state index contributed by atoms with van der Waals surface area (Å²) in [5.41, 5.74) is 2.12. The van der Waals surface area contributed by atoms with E-state index < -0.39 is 0 Å². The lowest BCUT2D eigenvalue weighted by atomic mass is 10.2. The average molecular weight is 222 g/mol. The highest BCUT2D eigenvalue weighted by atomic mass is 16.5. The fraction of sp³-hybridized carbons (Fsp3) is 0.417. The summed E-state index contributed by atoms with van der Waals surface area (Å²) in [6, 6.07) is 5.94. The van der Waals surface area contributed by atoms with Gasteiger partial charge in [-0.25, -0.2) is 0 Å². The van der Waals surface area contributed by atoms with Crippen LogP contribution >= 0.6 is 0 Å². The smallest absolute Gasteiger partial charge is 0.216 e. The van der Waals surface area contributed by atoms with Crippen LogP contribution in [0, 0.1) is 6.92 Å². The Labute approximate surface area is 96.0 Å². The number of benzene rings is 1. The third-order valence-electron chi connectivity index (χ3n) is 2.17. The molecular weight excluding hydrogens is 204 g/mol. The summed E-state index contributed by atoms with van der Waals surface area (Å²) in [6.07, 6.45) is 0. The molecule has 4 nitrogen and oxygen atoms in total. The van der Waals surface area contributed by atoms with Crippen molar-refractivity contribution >= 4 is 11.6 Å². The van der Waals surface area contributed by atoms with Gasteiger partial charge in [0.25, 0.3) is 0 Å². The van der Waals surface area contributed by atoms with E-state index in [9.17, 15) is 4.79 Å². The first-order valence-electron chi connectivity index (χ1n) is 5.26. The van der Waals surface area contributed by atoms with Gasteiger partial charge in [-0.3, -0.25) is 4.79 Å². The molecule has 88 valence electrons. The topological polar surface area (TPSA) is 50.4 Å². The van der Waals surface area contributed by atoms with Gasteiger partial charge in [0.2, 0.25) is 5.91 Å². The highest BCUT2D eigenvalue weighted by molar-refractivity contribution is 5.72. The van der Waals surface area contributed by atoms with Crippen LogP contribution in [-0.2, 0) is 4.79 Å². The fourth-order valence-electron chi connectivity index (χ4n) is 1.40. The Kier molecular flexibility index (Phi) is 4.64. The van der Waals surface area contributed by atoms with Crippen molar-refractivity contribution in [3.05, 3.63) is 23.8 Å². The summed E-state index contributed by atoms with van der Waals surface area (Å²) in [5, 5.41) is 5.95. The molecule has 0 heterocycles. The molecule has 0 aliphatic rings. The molecule has 2 N–H and O–H groups in total. The van der Waals surface area contributed by atoms with E-state index in [1.165, 1.54) is 12.5 Å². The molecule has 0 bridgehead atoms. The second-order valence-corrected chi connectivity index (χ2v) is 3.61. The number of ether oxygens (including phenoxy) is 1. The van der Waals surface area contributed by atoms with E-state index in [0.29, 0.717) is 13.1 Å². The zero-order chi connectivity index (χ0) is 12.0. The van der Waals surface area contributed by atoms with Crippen molar-refractivity contribution in [2.75, 3.05) is 25.5 Å². The molecule has 0 atom stereocenters. The molecule has 0 fully saturated rings. The van der Waals surface area contributed by atoms with E-state index in [1.807, 2.05) is 25.1 Å². The number of carbonyl (C=O) groups excluding carboxylic acids is 1. The minimum atomic E-state index is -0.0157. The zero-order valence-electron chi connectivity index (χ0n) is 9.96. The lowest BCUT2D eigenvalue weighted by molar-refractivity contribution is -0.118. The van der Waals surface area contributed by atoms with Gasteiger partial charge >= 0.3 is 0 Å². The van der Waals surface area contributed by atoms with Crippen LogP contribution in [0.3, 0.4) is 0 Å². The number of hydrogen-bond acceptors (Lipinski definition) is 3. The van der Waals surface area contributed by atoms with E-state index in [2.05, 4.69) is 10.6 Å². The summed E-state index contributed by atoms with van der Waals surface area (Å²) < 4.78 is 5.23. The van der Waals surface area contributed by atoms with E-state index in [4.69, 9.17) is 4.74 Å². The van der Waals surface area contributed by atoms with Crippen molar-refractivity contribution in [1.29, 1.82) is 0 Å². The molecule has 16 heavy (non-hydrogen) atoms. The van der Waals surface area contributed by atoms with Crippen LogP contribution in [0.15, 0.2) is 18.2 Å². The van der Waals surface area contributed by atoms with Gasteiger partial charge in [0.1, 0.15) is 5.75 Å². The van der Waals surface area contributed by atoms with Crippen molar-refractivity contribution in [1.82, 2.24) is 5.32 Å². The number of rotatable bonds is 5. The van der Waals surface area contributed by atoms with E-state index in [1.54, 1.807) is 7.11 Å². The third kappa shape index (κ3) is 3.81. The maximum atomic E-state index is 10.7. The Balaban J connectivity index is 2.51. The lowest BCUT2D eigenvalue weighted by Gasteiger charge is -2.11. The molecule has 0 aromatic heterocycles. The van der Waals surface area contributed by atoms with Crippen molar-refractivity contribution in [3.63, 3.8) is 0 Å². The summed E-state index contributed by atoms with van der Waals surface area (Å²) in [6.45, 7) is 4.82. The number of anilines is 1. The Morgan fingerprint density at radius 3 is 2.75 bits per heavy atom. The average Bonchev–Trinajstić information content (AvgIpc) is 2.24. The molecule has 0 radical (unpaired) electrons. The zero-order valence-corrected chi connectivity index (χ0v) is 9.96. The van der Waals surface area contributed by atoms with Gasteiger partial charge in [-0.05, 0) is 24.6 Å². The second-order valence-electron chi connectivity index (χ2n) is 3.61. The van der Waals surface area contributed by atoms with E-state index in [-0.39, 0.29) is 5.91 Å². The van der Waals surface area contributed by atoms with Crippen LogP contribution < -0.4 is 15.4 Å². The Bertz CT molecular complexity index is 364. The number of methoxy groups -OCH3 is 1. The minimum absolute atomic E-state index is 0.0157. The van der Waals surface area contributed by atoms with Crippen molar-refractivity contribution in [3.8, 4) is 5.75 Å². The first kappa shape index (κ1) is 12.4. The molecular formula is C12H18N2O2. The molecule has 1 aromatic carbocycles. The largest absolute Gasteiger partial charge is 0.495 e. The van der Waals surface area contributed by atoms with Crippen LogP contribution in [0.5, 0.6) is 5.75 Å². The van der Waals surface area contributed by atoms with Crippen LogP contribution in [0.2, 0.25) is 0 Å². The van der Waals surface area contributed by atoms with Gasteiger partial charge in [-0.2, -0.15) is 0 Å². The maximum Gasteiger partial charge on any atom is 0.216 e. The normalized spacial score (nSPS) is 9.69. The van der Waals surface area contributed by atoms with Crippen LogP contribution in [0.1, 0.15) is 12.5 Å². The van der Waals surface area contributed by atoms with Gasteiger partial charge in [0.05, 0.1) is 12.8 Å². The summed E-state index contributed by atoms with van der Waals surface area (Å²) in [7, 11) is 1.64. The molecule has 1 aromatic rings. The Hall–Kier alpha value is -1.71. The van der Waals surface area contributed by atoms with Gasteiger partial charge in [0.15, 0.2) is 0 Å². The minimum Gasteiger partial charge on any atom is -0.495 e. The summed E-state index contributed by atoms with van der Waals surface area (Å²) in [5.74, 6) is 0.798. The highest BCUT2D eigenvalue weighted by Crippen LogP contribution is 2.24. The number of hydrogen-bond donors (Lipinski definition) is 2. The monoisotopic (exact) mass is 222 g/mol. The SMILES string of the molecule is COc1ccc(C)cc1NCCNC(C)=O. The van der Waals surface area contributed by atoms with Crippen molar-refractivity contribution < 1.29 is 9.53 Å². The third-order valence-corrected chi connectivity index (χ3v) is 2.17. The lowest BCUT2D eigenvalue weighted by Crippen LogP contribution is -2.26. The quantitative estimate of drug-likeness (QED) is 0.743. The molecule has 4 heteroatoms. The first-order valence-corrected chi connectivity index (χ1v) is 5.26. The number of aryl methyl sites for hydroxylation is 1. The van der Waals surface area contributed by atoms with Gasteiger partial charge < -0.3 is 15.4 Å². The number of nitrogens with one attached hydrogen (secondary N) is 2. The second kappa shape index (κ2) is 6.00. The molecule has 0 unspecified atom stereocenters. The Morgan fingerprint density at radius 1 is 1.38 bits per heavy atom. The number of amides is 1. The Morgan fingerprint density at radius 2 is 2.12 bits per heavy atom. The molecule has 0 saturated heterocycles. The summed E-state index contributed by atoms with van der Waals surface area (Å²) >= 11 is 0. The van der Waals surface area contributed by atoms with Gasteiger partial charge in [0, 0.05) is 20.0 Å². The van der Waals surface area contributed by atoms with Crippen molar-refractivity contribution in [2.45, 2.75) is 13.8 Å².